The molecule has 0 radical (unpaired) electrons. The Hall–Kier alpha value is -2.79. The minimum absolute atomic E-state index is 0.0820. The number of nitrogens with zero attached hydrogens (tertiary/aromatic N) is 2. The van der Waals surface area contributed by atoms with Gasteiger partial charge in [0.05, 0.1) is 18.4 Å². The predicted octanol–water partition coefficient (Wildman–Crippen LogP) is 4.54. The van der Waals surface area contributed by atoms with E-state index in [0.717, 1.165) is 11.3 Å². The third kappa shape index (κ3) is 3.83. The minimum atomic E-state index is -1.30. The molecule has 1 aromatic heterocycles. The van der Waals surface area contributed by atoms with E-state index in [1.165, 1.54) is 19.2 Å². The number of fused-ring (bicyclic) bond motifs is 1. The third-order valence-electron chi connectivity index (χ3n) is 3.94. The molecule has 0 unspecified atom stereocenters. The van der Waals surface area contributed by atoms with Crippen molar-refractivity contribution in [3.8, 4) is 18.1 Å². The summed E-state index contributed by atoms with van der Waals surface area (Å²) in [5.41, 5.74) is 0.324. The summed E-state index contributed by atoms with van der Waals surface area (Å²) in [6.45, 7) is 0.464. The lowest BCUT2D eigenvalue weighted by Gasteiger charge is -2.19. The number of hydrogen-bond acceptors (Lipinski definition) is 4. The van der Waals surface area contributed by atoms with Crippen LogP contribution in [0.4, 0.5) is 22.7 Å². The highest BCUT2D eigenvalue weighted by Crippen LogP contribution is 2.33. The van der Waals surface area contributed by atoms with Gasteiger partial charge in [0.1, 0.15) is 11.3 Å². The van der Waals surface area contributed by atoms with Gasteiger partial charge in [0, 0.05) is 12.6 Å². The van der Waals surface area contributed by atoms with Gasteiger partial charge in [-0.2, -0.15) is 0 Å². The van der Waals surface area contributed by atoms with E-state index in [9.17, 15) is 17.6 Å². The monoisotopic (exact) mass is 394 g/mol. The van der Waals surface area contributed by atoms with Gasteiger partial charge in [0.2, 0.25) is 0 Å². The quantitative estimate of drug-likeness (QED) is 0.349. The van der Waals surface area contributed by atoms with Crippen LogP contribution in [0.1, 0.15) is 5.56 Å². The molecule has 0 N–H and O–H groups in total. The molecular formula is C19H14F4N2OS. The Balaban J connectivity index is 1.87. The van der Waals surface area contributed by atoms with Crippen LogP contribution in [0.5, 0.6) is 5.75 Å². The summed E-state index contributed by atoms with van der Waals surface area (Å²) in [5.74, 6) is -1.28. The van der Waals surface area contributed by atoms with E-state index >= 15 is 0 Å². The van der Waals surface area contributed by atoms with Crippen molar-refractivity contribution in [2.45, 2.75) is 6.42 Å². The van der Waals surface area contributed by atoms with Gasteiger partial charge < -0.3 is 9.64 Å². The number of thiazole rings is 1. The standard InChI is InChI=1S/C19H14F4N2OS/c1-3-7-25(8-6-11-4-5-15(26-2)12(20)9-11)19-24-17-16(23)13(21)10-14(22)18(17)27-19/h1,4-5,9-10H,6-8H2,2H3. The molecule has 0 aliphatic rings. The second-order valence-corrected chi connectivity index (χ2v) is 6.65. The second kappa shape index (κ2) is 7.84. The maximum Gasteiger partial charge on any atom is 0.187 e. The number of benzene rings is 2. The zero-order chi connectivity index (χ0) is 19.6. The number of aromatic nitrogens is 1. The number of terminal acetylenes is 1. The Morgan fingerprint density at radius 3 is 2.59 bits per heavy atom. The SMILES string of the molecule is C#CCN(CCc1ccc(OC)c(F)c1)c1nc2c(F)c(F)cc(F)c2s1. The highest BCUT2D eigenvalue weighted by molar-refractivity contribution is 7.22. The topological polar surface area (TPSA) is 25.4 Å². The summed E-state index contributed by atoms with van der Waals surface area (Å²) in [6, 6.07) is 5.07. The van der Waals surface area contributed by atoms with E-state index < -0.39 is 23.3 Å². The van der Waals surface area contributed by atoms with E-state index in [1.54, 1.807) is 11.0 Å². The summed E-state index contributed by atoms with van der Waals surface area (Å²) in [7, 11) is 1.38. The van der Waals surface area contributed by atoms with Gasteiger partial charge >= 0.3 is 0 Å². The average molecular weight is 394 g/mol. The highest BCUT2D eigenvalue weighted by Gasteiger charge is 2.20. The second-order valence-electron chi connectivity index (χ2n) is 5.67. The number of hydrogen-bond donors (Lipinski definition) is 0. The Morgan fingerprint density at radius 1 is 1.15 bits per heavy atom. The number of halogens is 4. The summed E-state index contributed by atoms with van der Waals surface area (Å²) >= 11 is 0.883. The summed E-state index contributed by atoms with van der Waals surface area (Å²) < 4.78 is 59.8. The first-order valence-corrected chi connectivity index (χ1v) is 8.71. The van der Waals surface area contributed by atoms with Crippen molar-refractivity contribution in [3.63, 3.8) is 0 Å². The molecule has 27 heavy (non-hydrogen) atoms. The maximum absolute atomic E-state index is 13.9. The molecule has 3 rings (SSSR count). The van der Waals surface area contributed by atoms with Crippen LogP contribution in [0.15, 0.2) is 24.3 Å². The summed E-state index contributed by atoms with van der Waals surface area (Å²) in [4.78, 5) is 5.64. The van der Waals surface area contributed by atoms with Crippen LogP contribution >= 0.6 is 11.3 Å². The molecule has 3 nitrogen and oxygen atoms in total. The fraction of sp³-hybridized carbons (Fsp3) is 0.211. The van der Waals surface area contributed by atoms with Crippen LogP contribution in [0.2, 0.25) is 0 Å². The first-order valence-electron chi connectivity index (χ1n) is 7.89. The minimum Gasteiger partial charge on any atom is -0.494 e. The van der Waals surface area contributed by atoms with Crippen molar-refractivity contribution in [2.24, 2.45) is 0 Å². The van der Waals surface area contributed by atoms with Gasteiger partial charge in [-0.25, -0.2) is 22.5 Å². The van der Waals surface area contributed by atoms with Crippen LogP contribution < -0.4 is 9.64 Å². The van der Waals surface area contributed by atoms with Crippen LogP contribution in [0.25, 0.3) is 10.2 Å². The van der Waals surface area contributed by atoms with Gasteiger partial charge in [0.15, 0.2) is 28.3 Å². The lowest BCUT2D eigenvalue weighted by atomic mass is 10.1. The third-order valence-corrected chi connectivity index (χ3v) is 5.07. The van der Waals surface area contributed by atoms with Crippen molar-refractivity contribution in [2.75, 3.05) is 25.1 Å². The van der Waals surface area contributed by atoms with Gasteiger partial charge in [-0.3, -0.25) is 0 Å². The smallest absolute Gasteiger partial charge is 0.187 e. The van der Waals surface area contributed by atoms with Crippen molar-refractivity contribution in [3.05, 3.63) is 53.1 Å². The molecule has 3 aromatic rings. The van der Waals surface area contributed by atoms with Gasteiger partial charge in [-0.05, 0) is 24.1 Å². The van der Waals surface area contributed by atoms with E-state index in [2.05, 4.69) is 10.9 Å². The molecule has 0 fully saturated rings. The Bertz CT molecular complexity index is 1030. The molecule has 2 aromatic carbocycles. The fourth-order valence-corrected chi connectivity index (χ4v) is 3.58. The Morgan fingerprint density at radius 2 is 1.93 bits per heavy atom. The molecule has 0 atom stereocenters. The van der Waals surface area contributed by atoms with E-state index in [-0.39, 0.29) is 27.6 Å². The lowest BCUT2D eigenvalue weighted by molar-refractivity contribution is 0.386. The average Bonchev–Trinajstić information content (AvgIpc) is 3.09. The zero-order valence-corrected chi connectivity index (χ0v) is 15.0. The number of anilines is 1. The summed E-state index contributed by atoms with van der Waals surface area (Å²) in [6.07, 6.45) is 5.79. The van der Waals surface area contributed by atoms with Crippen LogP contribution in [0.3, 0.4) is 0 Å². The van der Waals surface area contributed by atoms with Crippen molar-refractivity contribution >= 4 is 26.7 Å². The number of ether oxygens (including phenoxy) is 1. The number of rotatable bonds is 6. The molecule has 1 heterocycles. The van der Waals surface area contributed by atoms with E-state index in [0.29, 0.717) is 24.6 Å². The number of methoxy groups -OCH3 is 1. The highest BCUT2D eigenvalue weighted by atomic mass is 32.1. The van der Waals surface area contributed by atoms with E-state index in [4.69, 9.17) is 11.2 Å². The Kier molecular flexibility index (Phi) is 5.51. The van der Waals surface area contributed by atoms with Gasteiger partial charge in [-0.1, -0.05) is 23.3 Å². The largest absolute Gasteiger partial charge is 0.494 e. The molecule has 0 amide bonds. The van der Waals surface area contributed by atoms with Crippen molar-refractivity contribution < 1.29 is 22.3 Å². The van der Waals surface area contributed by atoms with Crippen molar-refractivity contribution in [1.82, 2.24) is 4.98 Å². The molecule has 0 saturated heterocycles. The molecule has 0 aliphatic carbocycles. The van der Waals surface area contributed by atoms with Gasteiger partial charge in [-0.15, -0.1) is 6.42 Å². The first kappa shape index (κ1) is 19.0. The van der Waals surface area contributed by atoms with Crippen LogP contribution in [-0.4, -0.2) is 25.2 Å². The molecule has 0 saturated carbocycles. The molecular weight excluding hydrogens is 380 g/mol. The fourth-order valence-electron chi connectivity index (χ4n) is 2.59. The van der Waals surface area contributed by atoms with Crippen LogP contribution in [-0.2, 0) is 6.42 Å². The van der Waals surface area contributed by atoms with Crippen molar-refractivity contribution in [1.29, 1.82) is 0 Å². The molecule has 140 valence electrons. The normalized spacial score (nSPS) is 10.8. The lowest BCUT2D eigenvalue weighted by Crippen LogP contribution is -2.26. The van der Waals surface area contributed by atoms with Gasteiger partial charge in [0.25, 0.3) is 0 Å². The molecule has 0 spiro atoms. The zero-order valence-electron chi connectivity index (χ0n) is 14.2. The van der Waals surface area contributed by atoms with E-state index in [1.807, 2.05) is 0 Å². The molecule has 0 aliphatic heterocycles. The van der Waals surface area contributed by atoms with Crippen LogP contribution in [0, 0.1) is 35.6 Å². The Labute approximate surface area is 157 Å². The summed E-state index contributed by atoms with van der Waals surface area (Å²) in [5, 5.41) is 0.264. The molecule has 0 bridgehead atoms. The maximum atomic E-state index is 13.9. The predicted molar refractivity (Wildman–Crippen MR) is 97.2 cm³/mol. The first-order chi connectivity index (χ1) is 12.9. The molecule has 8 heteroatoms.